The maximum Gasteiger partial charge on any atom is 0.238 e. The number of nitrogens with zero attached hydrogens (tertiary/aromatic N) is 2. The van der Waals surface area contributed by atoms with Crippen molar-refractivity contribution >= 4 is 17.7 Å². The lowest BCUT2D eigenvalue weighted by atomic mass is 10.1. The molecule has 0 bridgehead atoms. The molecule has 1 aromatic heterocycles. The van der Waals surface area contributed by atoms with Gasteiger partial charge >= 0.3 is 0 Å². The molecule has 2 N–H and O–H groups in total. The summed E-state index contributed by atoms with van der Waals surface area (Å²) in [6.07, 6.45) is 1.60. The second kappa shape index (κ2) is 7.60. The minimum atomic E-state index is -0.314. The van der Waals surface area contributed by atoms with Crippen LogP contribution in [0.1, 0.15) is 16.5 Å². The fraction of sp³-hybridized carbons (Fsp3) is 0.118. The van der Waals surface area contributed by atoms with E-state index in [0.29, 0.717) is 12.2 Å². The van der Waals surface area contributed by atoms with E-state index < -0.39 is 0 Å². The van der Waals surface area contributed by atoms with Crippen molar-refractivity contribution in [1.29, 1.82) is 0 Å². The highest BCUT2D eigenvalue weighted by molar-refractivity contribution is 8.00. The number of aromatic amines is 1. The zero-order valence-electron chi connectivity index (χ0n) is 12.3. The van der Waals surface area contributed by atoms with Gasteiger partial charge in [0.05, 0.1) is 12.7 Å². The number of hydrogen-bond donors (Lipinski definition) is 2. The predicted octanol–water partition coefficient (Wildman–Crippen LogP) is 2.95. The van der Waals surface area contributed by atoms with Crippen molar-refractivity contribution in [3.8, 4) is 0 Å². The van der Waals surface area contributed by atoms with Crippen LogP contribution in [0.5, 0.6) is 0 Å². The van der Waals surface area contributed by atoms with Gasteiger partial charge in [0.1, 0.15) is 10.9 Å². The minimum Gasteiger partial charge on any atom is -0.349 e. The van der Waals surface area contributed by atoms with Crippen LogP contribution in [-0.2, 0) is 11.3 Å². The number of amides is 1. The SMILES string of the molecule is O=C(NCc1cn[nH]n1)C(Sc1ccccc1)c1ccccc1. The average Bonchev–Trinajstić information content (AvgIpc) is 3.13. The fourth-order valence-electron chi connectivity index (χ4n) is 2.12. The zero-order chi connectivity index (χ0) is 15.9. The first kappa shape index (κ1) is 15.3. The van der Waals surface area contributed by atoms with Crippen LogP contribution in [0.2, 0.25) is 0 Å². The predicted molar refractivity (Wildman–Crippen MR) is 89.7 cm³/mol. The second-order valence-electron chi connectivity index (χ2n) is 4.90. The molecule has 0 saturated heterocycles. The van der Waals surface area contributed by atoms with Gasteiger partial charge in [-0.3, -0.25) is 4.79 Å². The fourth-order valence-corrected chi connectivity index (χ4v) is 3.19. The van der Waals surface area contributed by atoms with E-state index in [2.05, 4.69) is 20.7 Å². The number of carbonyl (C=O) groups is 1. The van der Waals surface area contributed by atoms with Crippen LogP contribution in [0.25, 0.3) is 0 Å². The number of rotatable bonds is 6. The van der Waals surface area contributed by atoms with E-state index in [0.717, 1.165) is 10.5 Å². The van der Waals surface area contributed by atoms with Gasteiger partial charge in [-0.25, -0.2) is 0 Å². The molecule has 1 unspecified atom stereocenters. The van der Waals surface area contributed by atoms with Crippen LogP contribution in [-0.4, -0.2) is 21.3 Å². The Bertz CT molecular complexity index is 732. The molecule has 0 saturated carbocycles. The molecule has 0 aliphatic heterocycles. The molecule has 3 rings (SSSR count). The van der Waals surface area contributed by atoms with E-state index in [-0.39, 0.29) is 11.2 Å². The molecule has 6 heteroatoms. The van der Waals surface area contributed by atoms with Crippen molar-refractivity contribution in [1.82, 2.24) is 20.7 Å². The van der Waals surface area contributed by atoms with Gasteiger partial charge in [0.25, 0.3) is 0 Å². The molecule has 116 valence electrons. The molecule has 0 aliphatic rings. The topological polar surface area (TPSA) is 70.7 Å². The van der Waals surface area contributed by atoms with Gasteiger partial charge in [0.15, 0.2) is 0 Å². The number of carbonyl (C=O) groups excluding carboxylic acids is 1. The smallest absolute Gasteiger partial charge is 0.238 e. The summed E-state index contributed by atoms with van der Waals surface area (Å²) >= 11 is 1.53. The number of H-pyrrole nitrogens is 1. The van der Waals surface area contributed by atoms with E-state index >= 15 is 0 Å². The number of aromatic nitrogens is 3. The normalized spacial score (nSPS) is 11.8. The van der Waals surface area contributed by atoms with E-state index in [9.17, 15) is 4.79 Å². The van der Waals surface area contributed by atoms with Gasteiger partial charge in [-0.15, -0.1) is 11.8 Å². The first-order valence-electron chi connectivity index (χ1n) is 7.22. The van der Waals surface area contributed by atoms with E-state index in [4.69, 9.17) is 0 Å². The van der Waals surface area contributed by atoms with Gasteiger partial charge < -0.3 is 5.32 Å². The summed E-state index contributed by atoms with van der Waals surface area (Å²) in [6.45, 7) is 0.355. The third-order valence-electron chi connectivity index (χ3n) is 3.25. The Labute approximate surface area is 138 Å². The highest BCUT2D eigenvalue weighted by Gasteiger charge is 2.21. The van der Waals surface area contributed by atoms with Crippen LogP contribution in [0.15, 0.2) is 71.8 Å². The molecule has 1 amide bonds. The molecule has 0 radical (unpaired) electrons. The van der Waals surface area contributed by atoms with Crippen molar-refractivity contribution in [3.05, 3.63) is 78.1 Å². The Morgan fingerprint density at radius 1 is 1.09 bits per heavy atom. The summed E-state index contributed by atoms with van der Waals surface area (Å²) in [6, 6.07) is 19.7. The molecule has 5 nitrogen and oxygen atoms in total. The number of benzene rings is 2. The van der Waals surface area contributed by atoms with E-state index in [1.54, 1.807) is 6.20 Å². The molecule has 3 aromatic rings. The van der Waals surface area contributed by atoms with Crippen molar-refractivity contribution in [2.75, 3.05) is 0 Å². The Hall–Kier alpha value is -2.60. The highest BCUT2D eigenvalue weighted by Crippen LogP contribution is 2.35. The average molecular weight is 324 g/mol. The molecule has 0 fully saturated rings. The van der Waals surface area contributed by atoms with Crippen LogP contribution in [0.4, 0.5) is 0 Å². The Kier molecular flexibility index (Phi) is 5.06. The summed E-state index contributed by atoms with van der Waals surface area (Å²) in [5.41, 5.74) is 1.67. The molecule has 23 heavy (non-hydrogen) atoms. The summed E-state index contributed by atoms with van der Waals surface area (Å²) in [4.78, 5) is 13.7. The van der Waals surface area contributed by atoms with Crippen molar-refractivity contribution in [2.45, 2.75) is 16.7 Å². The lowest BCUT2D eigenvalue weighted by Crippen LogP contribution is -2.27. The second-order valence-corrected chi connectivity index (χ2v) is 6.08. The highest BCUT2D eigenvalue weighted by atomic mass is 32.2. The van der Waals surface area contributed by atoms with E-state index in [1.807, 2.05) is 60.7 Å². The lowest BCUT2D eigenvalue weighted by molar-refractivity contribution is -0.120. The van der Waals surface area contributed by atoms with Crippen LogP contribution in [0.3, 0.4) is 0 Å². The summed E-state index contributed by atoms with van der Waals surface area (Å²) in [7, 11) is 0. The molecule has 0 aliphatic carbocycles. The minimum absolute atomic E-state index is 0.0481. The van der Waals surface area contributed by atoms with Crippen LogP contribution < -0.4 is 5.32 Å². The number of nitrogens with one attached hydrogen (secondary N) is 2. The molecule has 1 atom stereocenters. The summed E-state index contributed by atoms with van der Waals surface area (Å²) < 4.78 is 0. The van der Waals surface area contributed by atoms with Gasteiger partial charge in [0.2, 0.25) is 5.91 Å². The largest absolute Gasteiger partial charge is 0.349 e. The summed E-state index contributed by atoms with van der Waals surface area (Å²) in [5.74, 6) is -0.0481. The molecule has 2 aromatic carbocycles. The molecular weight excluding hydrogens is 308 g/mol. The summed E-state index contributed by atoms with van der Waals surface area (Å²) in [5, 5.41) is 12.8. The van der Waals surface area contributed by atoms with Gasteiger partial charge in [0, 0.05) is 4.90 Å². The third-order valence-corrected chi connectivity index (χ3v) is 4.51. The van der Waals surface area contributed by atoms with Gasteiger partial charge in [-0.1, -0.05) is 48.5 Å². The van der Waals surface area contributed by atoms with Gasteiger partial charge in [-0.2, -0.15) is 15.4 Å². The maximum absolute atomic E-state index is 12.7. The Morgan fingerprint density at radius 2 is 1.78 bits per heavy atom. The monoisotopic (exact) mass is 324 g/mol. The lowest BCUT2D eigenvalue weighted by Gasteiger charge is -2.16. The van der Waals surface area contributed by atoms with Crippen molar-refractivity contribution in [2.24, 2.45) is 0 Å². The first-order chi connectivity index (χ1) is 11.3. The number of thioether (sulfide) groups is 1. The van der Waals surface area contributed by atoms with Gasteiger partial charge in [-0.05, 0) is 17.7 Å². The third kappa shape index (κ3) is 4.20. The van der Waals surface area contributed by atoms with Crippen molar-refractivity contribution < 1.29 is 4.79 Å². The molecule has 0 spiro atoms. The number of hydrogen-bond acceptors (Lipinski definition) is 4. The first-order valence-corrected chi connectivity index (χ1v) is 8.10. The van der Waals surface area contributed by atoms with Crippen molar-refractivity contribution in [3.63, 3.8) is 0 Å². The molecule has 1 heterocycles. The zero-order valence-corrected chi connectivity index (χ0v) is 13.2. The standard InChI is InChI=1S/C17H16N4OS/c22-17(18-11-14-12-19-21-20-14)16(13-7-3-1-4-8-13)23-15-9-5-2-6-10-15/h1-10,12,16H,11H2,(H,18,22)(H,19,20,21). The van der Waals surface area contributed by atoms with Crippen LogP contribution >= 0.6 is 11.8 Å². The van der Waals surface area contributed by atoms with E-state index in [1.165, 1.54) is 11.8 Å². The Morgan fingerprint density at radius 3 is 2.43 bits per heavy atom. The maximum atomic E-state index is 12.7. The van der Waals surface area contributed by atoms with Crippen LogP contribution in [0, 0.1) is 0 Å². The quantitative estimate of drug-likeness (QED) is 0.684. The Balaban J connectivity index is 1.75. The molecular formula is C17H16N4OS.